The number of phenols is 1. The predicted molar refractivity (Wildman–Crippen MR) is 99.5 cm³/mol. The average Bonchev–Trinajstić information content (AvgIpc) is 2.58. The fourth-order valence-corrected chi connectivity index (χ4v) is 2.44. The number of benzene rings is 1. The van der Waals surface area contributed by atoms with E-state index in [1.807, 2.05) is 25.1 Å². The van der Waals surface area contributed by atoms with Crippen molar-refractivity contribution >= 4 is 12.1 Å². The van der Waals surface area contributed by atoms with E-state index in [0.29, 0.717) is 11.8 Å². The van der Waals surface area contributed by atoms with E-state index in [4.69, 9.17) is 4.74 Å². The molecule has 0 aromatic heterocycles. The largest absolute Gasteiger partial charge is 0.508 e. The summed E-state index contributed by atoms with van der Waals surface area (Å²) < 4.78 is 5.71. The lowest BCUT2D eigenvalue weighted by Crippen LogP contribution is -2.25. The third kappa shape index (κ3) is 6.51. The maximum atomic E-state index is 11.9. The number of hydrogen-bond acceptors (Lipinski definition) is 4. The number of allylic oxidation sites excluding steroid dienone is 5. The molecule has 0 spiro atoms. The van der Waals surface area contributed by atoms with Crippen molar-refractivity contribution in [1.29, 1.82) is 0 Å². The molecule has 0 amide bonds. The molecule has 134 valence electrons. The number of ether oxygens (including phenoxy) is 1. The van der Waals surface area contributed by atoms with Crippen molar-refractivity contribution in [2.75, 3.05) is 0 Å². The van der Waals surface area contributed by atoms with E-state index in [-0.39, 0.29) is 23.7 Å². The summed E-state index contributed by atoms with van der Waals surface area (Å²) in [5.74, 6) is -0.122. The van der Waals surface area contributed by atoms with Crippen LogP contribution in [0.3, 0.4) is 0 Å². The van der Waals surface area contributed by atoms with Crippen LogP contribution in [0.15, 0.2) is 54.2 Å². The van der Waals surface area contributed by atoms with Crippen LogP contribution in [0, 0.1) is 0 Å². The Morgan fingerprint density at radius 2 is 2.04 bits per heavy atom. The molecular weight excluding hydrogens is 316 g/mol. The minimum atomic E-state index is -0.957. The van der Waals surface area contributed by atoms with Crippen LogP contribution in [-0.4, -0.2) is 23.3 Å². The summed E-state index contributed by atoms with van der Waals surface area (Å²) in [7, 11) is 0. The van der Waals surface area contributed by atoms with E-state index in [2.05, 4.69) is 6.92 Å². The Kier molecular flexibility index (Phi) is 9.19. The van der Waals surface area contributed by atoms with Gasteiger partial charge in [-0.15, -0.1) is 0 Å². The van der Waals surface area contributed by atoms with Gasteiger partial charge in [0.05, 0.1) is 6.61 Å². The molecule has 0 radical (unpaired) electrons. The van der Waals surface area contributed by atoms with Gasteiger partial charge in [0.25, 0.3) is 0 Å². The molecule has 1 rings (SSSR count). The number of rotatable bonds is 10. The molecule has 1 atom stereocenters. The highest BCUT2D eigenvalue weighted by atomic mass is 16.5. The minimum absolute atomic E-state index is 0.0655. The number of phenolic OH excluding ortho intramolecular Hbond substituents is 1. The topological polar surface area (TPSA) is 63.6 Å². The van der Waals surface area contributed by atoms with Gasteiger partial charge in [0, 0.05) is 11.1 Å². The lowest BCUT2D eigenvalue weighted by atomic mass is 10.0. The second-order valence-corrected chi connectivity index (χ2v) is 5.66. The van der Waals surface area contributed by atoms with Crippen LogP contribution in [-0.2, 0) is 27.4 Å². The molecule has 4 nitrogen and oxygen atoms in total. The molecule has 0 saturated heterocycles. The monoisotopic (exact) mass is 342 g/mol. The normalized spacial score (nSPS) is 13.5. The van der Waals surface area contributed by atoms with Gasteiger partial charge < -0.3 is 9.84 Å². The molecule has 0 aliphatic heterocycles. The van der Waals surface area contributed by atoms with E-state index < -0.39 is 6.10 Å². The summed E-state index contributed by atoms with van der Waals surface area (Å²) in [5, 5.41) is 10.1. The van der Waals surface area contributed by atoms with Crippen molar-refractivity contribution < 1.29 is 19.4 Å². The predicted octanol–water partition coefficient (Wildman–Crippen LogP) is 4.08. The number of hydrogen-bond donors (Lipinski definition) is 1. The number of ketones is 1. The third-order valence-corrected chi connectivity index (χ3v) is 3.67. The van der Waals surface area contributed by atoms with Crippen LogP contribution >= 0.6 is 0 Å². The SMILES string of the molecule is C/C=C/C=C/C=C(\C=O)[C@@H](OCc1c(O)cccc1CCC)C(C)=O. The molecule has 4 heteroatoms. The Morgan fingerprint density at radius 1 is 1.28 bits per heavy atom. The Hall–Kier alpha value is -2.46. The van der Waals surface area contributed by atoms with Crippen molar-refractivity contribution in [2.45, 2.75) is 46.3 Å². The van der Waals surface area contributed by atoms with Gasteiger partial charge in [0.1, 0.15) is 18.1 Å². The molecule has 1 aromatic carbocycles. The van der Waals surface area contributed by atoms with Gasteiger partial charge in [0.15, 0.2) is 5.78 Å². The van der Waals surface area contributed by atoms with Crippen molar-refractivity contribution in [3.05, 3.63) is 65.3 Å². The standard InChI is InChI=1S/C21H26O4/c1-4-6-7-8-11-18(14-22)21(16(3)23)25-15-19-17(10-5-2)12-9-13-20(19)24/h4,6-9,11-14,21,24H,5,10,15H2,1-3H3/b6-4+,8-7+,18-11+/t21-/m0/s1. The number of aryl methyl sites for hydroxylation is 1. The van der Waals surface area contributed by atoms with Crippen molar-refractivity contribution in [2.24, 2.45) is 0 Å². The van der Waals surface area contributed by atoms with Crippen LogP contribution in [0.1, 0.15) is 38.3 Å². The highest BCUT2D eigenvalue weighted by molar-refractivity contribution is 5.92. The maximum Gasteiger partial charge on any atom is 0.163 e. The fourth-order valence-electron chi connectivity index (χ4n) is 2.44. The second kappa shape index (κ2) is 11.2. The molecular formula is C21H26O4. The molecule has 0 heterocycles. The molecule has 0 aliphatic carbocycles. The summed E-state index contributed by atoms with van der Waals surface area (Å²) >= 11 is 0. The highest BCUT2D eigenvalue weighted by Crippen LogP contribution is 2.24. The lowest BCUT2D eigenvalue weighted by molar-refractivity contribution is -0.128. The molecule has 1 aromatic rings. The zero-order chi connectivity index (χ0) is 18.7. The number of Topliss-reactive ketones (excluding diaryl/α,β-unsaturated/α-hetero) is 1. The molecule has 0 saturated carbocycles. The summed E-state index contributed by atoms with van der Waals surface area (Å²) in [5.41, 5.74) is 1.89. The smallest absolute Gasteiger partial charge is 0.163 e. The highest BCUT2D eigenvalue weighted by Gasteiger charge is 2.21. The van der Waals surface area contributed by atoms with E-state index >= 15 is 0 Å². The first-order valence-electron chi connectivity index (χ1n) is 8.41. The maximum absolute atomic E-state index is 11.9. The second-order valence-electron chi connectivity index (χ2n) is 5.66. The Morgan fingerprint density at radius 3 is 2.64 bits per heavy atom. The summed E-state index contributed by atoms with van der Waals surface area (Å²) in [4.78, 5) is 23.3. The van der Waals surface area contributed by atoms with Crippen LogP contribution < -0.4 is 0 Å². The van der Waals surface area contributed by atoms with Gasteiger partial charge >= 0.3 is 0 Å². The zero-order valence-electron chi connectivity index (χ0n) is 15.1. The van der Waals surface area contributed by atoms with E-state index in [1.54, 1.807) is 30.4 Å². The van der Waals surface area contributed by atoms with Gasteiger partial charge in [-0.3, -0.25) is 9.59 Å². The van der Waals surface area contributed by atoms with Gasteiger partial charge in [0.2, 0.25) is 0 Å². The van der Waals surface area contributed by atoms with E-state index in [1.165, 1.54) is 6.92 Å². The van der Waals surface area contributed by atoms with Gasteiger partial charge in [-0.1, -0.05) is 55.9 Å². The third-order valence-electron chi connectivity index (χ3n) is 3.67. The van der Waals surface area contributed by atoms with Crippen molar-refractivity contribution in [3.63, 3.8) is 0 Å². The van der Waals surface area contributed by atoms with Crippen LogP contribution in [0.5, 0.6) is 5.75 Å². The molecule has 0 unspecified atom stereocenters. The van der Waals surface area contributed by atoms with Crippen molar-refractivity contribution in [3.8, 4) is 5.75 Å². The van der Waals surface area contributed by atoms with Gasteiger partial charge in [-0.05, 0) is 31.9 Å². The van der Waals surface area contributed by atoms with E-state index in [9.17, 15) is 14.7 Å². The Labute approximate surface area is 149 Å². The van der Waals surface area contributed by atoms with Gasteiger partial charge in [-0.25, -0.2) is 0 Å². The average molecular weight is 342 g/mol. The minimum Gasteiger partial charge on any atom is -0.508 e. The van der Waals surface area contributed by atoms with Crippen LogP contribution in [0.2, 0.25) is 0 Å². The van der Waals surface area contributed by atoms with Crippen LogP contribution in [0.4, 0.5) is 0 Å². The number of carbonyl (C=O) groups excluding carboxylic acids is 2. The Bertz CT molecular complexity index is 668. The summed E-state index contributed by atoms with van der Waals surface area (Å²) in [6, 6.07) is 5.31. The fraction of sp³-hybridized carbons (Fsp3) is 0.333. The Balaban J connectivity index is 3.00. The number of aldehydes is 1. The molecule has 1 N–H and O–H groups in total. The summed E-state index contributed by atoms with van der Waals surface area (Å²) in [6.45, 7) is 5.39. The molecule has 0 bridgehead atoms. The first-order valence-corrected chi connectivity index (χ1v) is 8.41. The molecule has 25 heavy (non-hydrogen) atoms. The number of aromatic hydroxyl groups is 1. The first kappa shape index (κ1) is 20.6. The first-order chi connectivity index (χ1) is 12.0. The van der Waals surface area contributed by atoms with Gasteiger partial charge in [-0.2, -0.15) is 0 Å². The van der Waals surface area contributed by atoms with E-state index in [0.717, 1.165) is 18.4 Å². The molecule has 0 fully saturated rings. The number of carbonyl (C=O) groups is 2. The summed E-state index contributed by atoms with van der Waals surface area (Å²) in [6.07, 6.45) is 10.1. The zero-order valence-corrected chi connectivity index (χ0v) is 15.1. The van der Waals surface area contributed by atoms with Crippen molar-refractivity contribution in [1.82, 2.24) is 0 Å². The lowest BCUT2D eigenvalue weighted by Gasteiger charge is -2.17. The van der Waals surface area contributed by atoms with Crippen LogP contribution in [0.25, 0.3) is 0 Å². The molecule has 0 aliphatic rings. The quantitative estimate of drug-likeness (QED) is 0.395.